The van der Waals surface area contributed by atoms with Crippen molar-refractivity contribution in [1.29, 1.82) is 0 Å². The zero-order valence-corrected chi connectivity index (χ0v) is 12.6. The van der Waals surface area contributed by atoms with Crippen LogP contribution in [0.2, 0.25) is 0 Å². The first-order valence-electron chi connectivity index (χ1n) is 5.96. The lowest BCUT2D eigenvalue weighted by Crippen LogP contribution is -2.48. The van der Waals surface area contributed by atoms with Crippen molar-refractivity contribution in [2.24, 2.45) is 0 Å². The summed E-state index contributed by atoms with van der Waals surface area (Å²) in [5.74, 6) is 0. The second kappa shape index (κ2) is 6.02. The molecule has 0 aromatic heterocycles. The number of benzene rings is 1. The van der Waals surface area contributed by atoms with E-state index in [1.165, 1.54) is 6.07 Å². The molecule has 0 spiro atoms. The molecule has 6 nitrogen and oxygen atoms in total. The predicted octanol–water partition coefficient (Wildman–Crippen LogP) is 1.79. The van der Waals surface area contributed by atoms with Crippen LogP contribution in [0.25, 0.3) is 0 Å². The normalized spacial score (nSPS) is 23.4. The highest BCUT2D eigenvalue weighted by molar-refractivity contribution is 14.1. The minimum atomic E-state index is -0.398. The lowest BCUT2D eigenvalue weighted by Gasteiger charge is -2.37. The van der Waals surface area contributed by atoms with E-state index in [0.29, 0.717) is 13.1 Å². The lowest BCUT2D eigenvalue weighted by molar-refractivity contribution is -0.384. The highest BCUT2D eigenvalue weighted by Crippen LogP contribution is 2.29. The zero-order chi connectivity index (χ0) is 14.0. The van der Waals surface area contributed by atoms with E-state index in [4.69, 9.17) is 4.74 Å². The van der Waals surface area contributed by atoms with E-state index in [0.717, 1.165) is 9.26 Å². The Balaban J connectivity index is 2.23. The molecule has 1 aliphatic heterocycles. The Bertz CT molecular complexity index is 483. The topological polar surface area (TPSA) is 75.8 Å². The molecule has 2 atom stereocenters. The molecule has 19 heavy (non-hydrogen) atoms. The number of aliphatic hydroxyl groups excluding tert-OH is 1. The van der Waals surface area contributed by atoms with Gasteiger partial charge in [0.1, 0.15) is 0 Å². The fourth-order valence-electron chi connectivity index (χ4n) is 2.21. The summed E-state index contributed by atoms with van der Waals surface area (Å²) >= 11 is 2.10. The molecule has 0 saturated carbocycles. The molecule has 104 valence electrons. The second-order valence-electron chi connectivity index (χ2n) is 4.55. The van der Waals surface area contributed by atoms with E-state index in [1.807, 2.05) is 6.92 Å². The number of nitro groups is 1. The third-order valence-electron chi connectivity index (χ3n) is 3.01. The number of ether oxygens (including phenoxy) is 1. The largest absolute Gasteiger partial charge is 0.394 e. The molecule has 1 heterocycles. The Labute approximate surface area is 124 Å². The van der Waals surface area contributed by atoms with E-state index < -0.39 is 4.92 Å². The summed E-state index contributed by atoms with van der Waals surface area (Å²) in [6.45, 7) is 3.23. The monoisotopic (exact) mass is 378 g/mol. The van der Waals surface area contributed by atoms with Gasteiger partial charge in [-0.3, -0.25) is 10.1 Å². The van der Waals surface area contributed by atoms with Gasteiger partial charge in [0.2, 0.25) is 0 Å². The van der Waals surface area contributed by atoms with Gasteiger partial charge < -0.3 is 14.7 Å². The quantitative estimate of drug-likeness (QED) is 0.493. The fraction of sp³-hybridized carbons (Fsp3) is 0.500. The van der Waals surface area contributed by atoms with Gasteiger partial charge in [-0.05, 0) is 35.6 Å². The number of nitrogens with zero attached hydrogens (tertiary/aromatic N) is 2. The zero-order valence-electron chi connectivity index (χ0n) is 10.5. The minimum Gasteiger partial charge on any atom is -0.394 e. The smallest absolute Gasteiger partial charge is 0.270 e. The van der Waals surface area contributed by atoms with Gasteiger partial charge in [0.25, 0.3) is 5.69 Å². The van der Waals surface area contributed by atoms with E-state index >= 15 is 0 Å². The summed E-state index contributed by atoms with van der Waals surface area (Å²) < 4.78 is 6.42. The molecule has 1 fully saturated rings. The molecule has 7 heteroatoms. The van der Waals surface area contributed by atoms with Gasteiger partial charge in [0, 0.05) is 28.8 Å². The molecule has 2 rings (SSSR count). The summed E-state index contributed by atoms with van der Waals surface area (Å²) in [6.07, 6.45) is -0.188. The maximum absolute atomic E-state index is 10.7. The molecular formula is C12H15IN2O4. The Kier molecular flexibility index (Phi) is 4.58. The average molecular weight is 378 g/mol. The van der Waals surface area contributed by atoms with Crippen LogP contribution in [-0.2, 0) is 4.74 Å². The van der Waals surface area contributed by atoms with E-state index in [9.17, 15) is 15.2 Å². The van der Waals surface area contributed by atoms with Crippen molar-refractivity contribution in [3.8, 4) is 0 Å². The number of aliphatic hydroxyl groups is 1. The molecule has 1 saturated heterocycles. The highest BCUT2D eigenvalue weighted by Gasteiger charge is 2.26. The van der Waals surface area contributed by atoms with E-state index in [-0.39, 0.29) is 24.5 Å². The van der Waals surface area contributed by atoms with Crippen molar-refractivity contribution in [3.05, 3.63) is 31.9 Å². The first kappa shape index (κ1) is 14.5. The number of halogens is 1. The van der Waals surface area contributed by atoms with Crippen molar-refractivity contribution in [3.63, 3.8) is 0 Å². The number of nitro benzene ring substituents is 1. The van der Waals surface area contributed by atoms with Crippen molar-refractivity contribution >= 4 is 34.0 Å². The van der Waals surface area contributed by atoms with Crippen LogP contribution in [0, 0.1) is 13.7 Å². The number of rotatable bonds is 3. The Morgan fingerprint density at radius 1 is 1.58 bits per heavy atom. The summed E-state index contributed by atoms with van der Waals surface area (Å²) in [5, 5.41) is 19.9. The van der Waals surface area contributed by atoms with Crippen LogP contribution in [0.1, 0.15) is 6.92 Å². The van der Waals surface area contributed by atoms with Crippen molar-refractivity contribution in [1.82, 2.24) is 0 Å². The van der Waals surface area contributed by atoms with Crippen LogP contribution in [0.5, 0.6) is 0 Å². The fourth-order valence-corrected chi connectivity index (χ4v) is 3.05. The Morgan fingerprint density at radius 2 is 2.32 bits per heavy atom. The third-order valence-corrected chi connectivity index (χ3v) is 3.88. The Morgan fingerprint density at radius 3 is 2.89 bits per heavy atom. The lowest BCUT2D eigenvalue weighted by atomic mass is 10.2. The third kappa shape index (κ3) is 3.34. The molecule has 0 amide bonds. The van der Waals surface area contributed by atoms with Crippen LogP contribution in [0.4, 0.5) is 11.4 Å². The molecule has 0 radical (unpaired) electrons. The van der Waals surface area contributed by atoms with Crippen LogP contribution in [0.3, 0.4) is 0 Å². The van der Waals surface area contributed by atoms with Crippen LogP contribution >= 0.6 is 22.6 Å². The Hall–Kier alpha value is -0.930. The predicted molar refractivity (Wildman–Crippen MR) is 79.4 cm³/mol. The number of morpholine rings is 1. The number of hydrogen-bond donors (Lipinski definition) is 1. The molecule has 1 aromatic carbocycles. The SMILES string of the molecule is CC1CN(c2ccc([N+](=O)[O-])cc2I)CC(CO)O1. The number of anilines is 1. The maximum Gasteiger partial charge on any atom is 0.270 e. The summed E-state index contributed by atoms with van der Waals surface area (Å²) in [5.41, 5.74) is 1.04. The first-order chi connectivity index (χ1) is 9.01. The number of hydrogen-bond acceptors (Lipinski definition) is 5. The van der Waals surface area contributed by atoms with Crippen LogP contribution in [0.15, 0.2) is 18.2 Å². The molecule has 1 N–H and O–H groups in total. The second-order valence-corrected chi connectivity index (χ2v) is 5.71. The van der Waals surface area contributed by atoms with Gasteiger partial charge >= 0.3 is 0 Å². The van der Waals surface area contributed by atoms with Gasteiger partial charge in [0.05, 0.1) is 29.4 Å². The van der Waals surface area contributed by atoms with Gasteiger partial charge in [-0.2, -0.15) is 0 Å². The maximum atomic E-state index is 10.7. The summed E-state index contributed by atoms with van der Waals surface area (Å²) in [4.78, 5) is 12.4. The minimum absolute atomic E-state index is 0.0234. The standard InChI is InChI=1S/C12H15IN2O4/c1-8-5-14(6-10(7-16)19-8)12-3-2-9(15(17)18)4-11(12)13/h2-4,8,10,16H,5-7H2,1H3. The van der Waals surface area contributed by atoms with Crippen molar-refractivity contribution in [2.45, 2.75) is 19.1 Å². The van der Waals surface area contributed by atoms with Crippen molar-refractivity contribution in [2.75, 3.05) is 24.6 Å². The molecule has 1 aromatic rings. The molecule has 1 aliphatic rings. The van der Waals surface area contributed by atoms with E-state index in [2.05, 4.69) is 27.5 Å². The summed E-state index contributed by atoms with van der Waals surface area (Å²) in [7, 11) is 0. The van der Waals surface area contributed by atoms with Crippen molar-refractivity contribution < 1.29 is 14.8 Å². The van der Waals surface area contributed by atoms with Gasteiger partial charge in [-0.25, -0.2) is 0 Å². The average Bonchev–Trinajstić information content (AvgIpc) is 2.37. The van der Waals surface area contributed by atoms with E-state index in [1.54, 1.807) is 12.1 Å². The molecule has 0 bridgehead atoms. The molecule has 0 aliphatic carbocycles. The highest BCUT2D eigenvalue weighted by atomic mass is 127. The molecule has 2 unspecified atom stereocenters. The van der Waals surface area contributed by atoms with Gasteiger partial charge in [-0.1, -0.05) is 0 Å². The molecular weight excluding hydrogens is 363 g/mol. The summed E-state index contributed by atoms with van der Waals surface area (Å²) in [6, 6.07) is 4.82. The van der Waals surface area contributed by atoms with Gasteiger partial charge in [0.15, 0.2) is 0 Å². The van der Waals surface area contributed by atoms with Gasteiger partial charge in [-0.15, -0.1) is 0 Å². The van der Waals surface area contributed by atoms with Crippen LogP contribution in [-0.4, -0.2) is 41.9 Å². The van der Waals surface area contributed by atoms with Crippen LogP contribution < -0.4 is 4.90 Å². The number of non-ortho nitro benzene ring substituents is 1. The first-order valence-corrected chi connectivity index (χ1v) is 7.04.